The van der Waals surface area contributed by atoms with Gasteiger partial charge in [-0.15, -0.1) is 6.58 Å². The molecule has 5 heteroatoms. The van der Waals surface area contributed by atoms with E-state index in [1.54, 1.807) is 39.5 Å². The molecule has 0 atom stereocenters. The van der Waals surface area contributed by atoms with Gasteiger partial charge >= 0.3 is 5.69 Å². The molecular formula is C20H22FN3O. The van der Waals surface area contributed by atoms with Crippen molar-refractivity contribution in [2.75, 3.05) is 0 Å². The number of imidazole rings is 1. The average Bonchev–Trinajstić information content (AvgIpc) is 2.79. The molecule has 0 aliphatic carbocycles. The van der Waals surface area contributed by atoms with Crippen molar-refractivity contribution in [2.45, 2.75) is 33.9 Å². The Morgan fingerprint density at radius 3 is 2.52 bits per heavy atom. The molecule has 0 saturated heterocycles. The summed E-state index contributed by atoms with van der Waals surface area (Å²) in [5.41, 5.74) is 2.06. The normalized spacial score (nSPS) is 11.8. The molecule has 0 N–H and O–H groups in total. The van der Waals surface area contributed by atoms with Crippen molar-refractivity contribution in [2.24, 2.45) is 5.41 Å². The number of halogens is 1. The maximum Gasteiger partial charge on any atom is 0.330 e. The summed E-state index contributed by atoms with van der Waals surface area (Å²) < 4.78 is 17.4. The van der Waals surface area contributed by atoms with E-state index in [-0.39, 0.29) is 16.9 Å². The minimum atomic E-state index is -0.332. The smallest absolute Gasteiger partial charge is 0.290 e. The monoisotopic (exact) mass is 339 g/mol. The van der Waals surface area contributed by atoms with Crippen LogP contribution in [0.25, 0.3) is 22.4 Å². The molecule has 0 spiro atoms. The third kappa shape index (κ3) is 3.27. The first-order chi connectivity index (χ1) is 11.8. The minimum Gasteiger partial charge on any atom is -0.290 e. The lowest BCUT2D eigenvalue weighted by Crippen LogP contribution is -2.28. The number of nitrogens with zero attached hydrogens (tertiary/aromatic N) is 3. The molecule has 3 rings (SSSR count). The molecule has 0 bridgehead atoms. The highest BCUT2D eigenvalue weighted by Crippen LogP contribution is 2.25. The molecule has 0 aliphatic heterocycles. The fraction of sp³-hybridized carbons (Fsp3) is 0.300. The van der Waals surface area contributed by atoms with Gasteiger partial charge < -0.3 is 0 Å². The molecule has 0 unspecified atom stereocenters. The lowest BCUT2D eigenvalue weighted by atomic mass is 9.97. The Labute approximate surface area is 146 Å². The lowest BCUT2D eigenvalue weighted by Gasteiger charge is -2.18. The Morgan fingerprint density at radius 2 is 1.88 bits per heavy atom. The van der Waals surface area contributed by atoms with Crippen LogP contribution in [0, 0.1) is 11.2 Å². The Balaban J connectivity index is 2.25. The molecular weight excluding hydrogens is 317 g/mol. The van der Waals surface area contributed by atoms with E-state index in [1.807, 2.05) is 6.07 Å². The van der Waals surface area contributed by atoms with Crippen LogP contribution in [-0.4, -0.2) is 14.1 Å². The molecule has 0 radical (unpaired) electrons. The fourth-order valence-corrected chi connectivity index (χ4v) is 2.93. The van der Waals surface area contributed by atoms with Crippen LogP contribution < -0.4 is 5.69 Å². The number of rotatable bonds is 4. The topological polar surface area (TPSA) is 39.8 Å². The number of allylic oxidation sites excluding steroid dienone is 1. The van der Waals surface area contributed by atoms with Gasteiger partial charge in [0.05, 0.1) is 11.2 Å². The zero-order valence-corrected chi connectivity index (χ0v) is 14.8. The van der Waals surface area contributed by atoms with E-state index in [9.17, 15) is 9.18 Å². The minimum absolute atomic E-state index is 0.0542. The Morgan fingerprint density at radius 1 is 1.16 bits per heavy atom. The van der Waals surface area contributed by atoms with Gasteiger partial charge in [0, 0.05) is 18.7 Å². The second-order valence-corrected chi connectivity index (χ2v) is 7.35. The highest BCUT2D eigenvalue weighted by molar-refractivity contribution is 5.76. The standard InChI is InChI=1S/C20H22FN3O/c1-5-12-23-18-17(24(19(23)25)13-20(2,3)4)11-10-16(22-18)14-8-6-7-9-15(14)21/h5-11H,1,12-13H2,2-4H3. The van der Waals surface area contributed by atoms with Gasteiger partial charge in [-0.25, -0.2) is 14.2 Å². The third-order valence-corrected chi connectivity index (χ3v) is 3.96. The third-order valence-electron chi connectivity index (χ3n) is 3.96. The highest BCUT2D eigenvalue weighted by atomic mass is 19.1. The van der Waals surface area contributed by atoms with E-state index in [1.165, 1.54) is 6.07 Å². The molecule has 0 saturated carbocycles. The van der Waals surface area contributed by atoms with Crippen LogP contribution in [0.4, 0.5) is 4.39 Å². The number of aromatic nitrogens is 3. The van der Waals surface area contributed by atoms with Gasteiger partial charge in [0.25, 0.3) is 0 Å². The van der Waals surface area contributed by atoms with Crippen molar-refractivity contribution >= 4 is 11.2 Å². The van der Waals surface area contributed by atoms with Crippen LogP contribution in [0.5, 0.6) is 0 Å². The molecule has 1 aromatic carbocycles. The molecule has 2 heterocycles. The number of fused-ring (bicyclic) bond motifs is 1. The fourth-order valence-electron chi connectivity index (χ4n) is 2.93. The van der Waals surface area contributed by atoms with Crippen LogP contribution in [0.1, 0.15) is 20.8 Å². The van der Waals surface area contributed by atoms with Crippen LogP contribution in [0.2, 0.25) is 0 Å². The summed E-state index contributed by atoms with van der Waals surface area (Å²) >= 11 is 0. The molecule has 3 aromatic rings. The second kappa shape index (κ2) is 6.31. The van der Waals surface area contributed by atoms with Crippen LogP contribution in [-0.2, 0) is 13.1 Å². The van der Waals surface area contributed by atoms with Crippen molar-refractivity contribution in [1.29, 1.82) is 0 Å². The molecule has 0 aliphatic rings. The first-order valence-corrected chi connectivity index (χ1v) is 8.28. The van der Waals surface area contributed by atoms with E-state index >= 15 is 0 Å². The Kier molecular flexibility index (Phi) is 4.33. The Hall–Kier alpha value is -2.69. The van der Waals surface area contributed by atoms with Crippen molar-refractivity contribution < 1.29 is 4.39 Å². The lowest BCUT2D eigenvalue weighted by molar-refractivity contribution is 0.342. The van der Waals surface area contributed by atoms with Crippen LogP contribution in [0.15, 0.2) is 53.8 Å². The molecule has 0 amide bonds. The summed E-state index contributed by atoms with van der Waals surface area (Å²) in [5.74, 6) is -0.332. The van der Waals surface area contributed by atoms with E-state index < -0.39 is 0 Å². The van der Waals surface area contributed by atoms with E-state index in [4.69, 9.17) is 0 Å². The summed E-state index contributed by atoms with van der Waals surface area (Å²) in [7, 11) is 0. The molecule has 25 heavy (non-hydrogen) atoms. The zero-order valence-electron chi connectivity index (χ0n) is 14.8. The SMILES string of the molecule is C=CCn1c(=O)n(CC(C)(C)C)c2ccc(-c3ccccc3F)nc21. The van der Waals surface area contributed by atoms with Crippen LogP contribution >= 0.6 is 0 Å². The largest absolute Gasteiger partial charge is 0.330 e. The summed E-state index contributed by atoms with van der Waals surface area (Å²) in [6.45, 7) is 10.9. The average molecular weight is 339 g/mol. The number of pyridine rings is 1. The Bertz CT molecular complexity index is 992. The van der Waals surface area contributed by atoms with Crippen molar-refractivity contribution in [3.8, 4) is 11.3 Å². The number of benzene rings is 1. The summed E-state index contributed by atoms with van der Waals surface area (Å²) in [4.78, 5) is 17.4. The number of hydrogen-bond acceptors (Lipinski definition) is 2. The predicted octanol–water partition coefficient (Wildman–Crippen LogP) is 4.24. The van der Waals surface area contributed by atoms with Gasteiger partial charge in [0.2, 0.25) is 0 Å². The van der Waals surface area contributed by atoms with E-state index in [0.717, 1.165) is 5.52 Å². The summed E-state index contributed by atoms with van der Waals surface area (Å²) in [6, 6.07) is 10.1. The number of hydrogen-bond donors (Lipinski definition) is 0. The maximum absolute atomic E-state index is 14.1. The maximum atomic E-state index is 14.1. The van der Waals surface area contributed by atoms with Gasteiger partial charge in [-0.05, 0) is 29.7 Å². The second-order valence-electron chi connectivity index (χ2n) is 7.35. The van der Waals surface area contributed by atoms with Gasteiger partial charge in [-0.2, -0.15) is 0 Å². The van der Waals surface area contributed by atoms with E-state index in [0.29, 0.717) is 30.0 Å². The summed E-state index contributed by atoms with van der Waals surface area (Å²) in [5, 5.41) is 0. The first kappa shape index (κ1) is 17.1. The quantitative estimate of drug-likeness (QED) is 0.667. The molecule has 130 valence electrons. The highest BCUT2D eigenvalue weighted by Gasteiger charge is 2.20. The van der Waals surface area contributed by atoms with Crippen LogP contribution in [0.3, 0.4) is 0 Å². The van der Waals surface area contributed by atoms with Crippen molar-refractivity contribution in [3.63, 3.8) is 0 Å². The summed E-state index contributed by atoms with van der Waals surface area (Å²) in [6.07, 6.45) is 1.67. The first-order valence-electron chi connectivity index (χ1n) is 8.28. The molecule has 2 aromatic heterocycles. The zero-order chi connectivity index (χ0) is 18.2. The predicted molar refractivity (Wildman–Crippen MR) is 99.0 cm³/mol. The molecule has 0 fully saturated rings. The van der Waals surface area contributed by atoms with Gasteiger partial charge in [-0.1, -0.05) is 39.0 Å². The van der Waals surface area contributed by atoms with Gasteiger partial charge in [0.15, 0.2) is 5.65 Å². The van der Waals surface area contributed by atoms with E-state index in [2.05, 4.69) is 32.3 Å². The van der Waals surface area contributed by atoms with Gasteiger partial charge in [0.1, 0.15) is 5.82 Å². The van der Waals surface area contributed by atoms with Crippen molar-refractivity contribution in [1.82, 2.24) is 14.1 Å². The van der Waals surface area contributed by atoms with Crippen molar-refractivity contribution in [3.05, 3.63) is 65.4 Å². The molecule has 4 nitrogen and oxygen atoms in total. The van der Waals surface area contributed by atoms with Gasteiger partial charge in [-0.3, -0.25) is 9.13 Å².